The molecule has 2 heterocycles. The van der Waals surface area contributed by atoms with Crippen molar-refractivity contribution in [2.75, 3.05) is 0 Å². The van der Waals surface area contributed by atoms with Crippen LogP contribution < -0.4 is 5.32 Å². The first-order valence-corrected chi connectivity index (χ1v) is 8.55. The van der Waals surface area contributed by atoms with Gasteiger partial charge in [-0.05, 0) is 42.7 Å². The Bertz CT molecular complexity index is 854. The van der Waals surface area contributed by atoms with Crippen molar-refractivity contribution in [2.24, 2.45) is 0 Å². The minimum absolute atomic E-state index is 0.0184. The van der Waals surface area contributed by atoms with Gasteiger partial charge < -0.3 is 15.3 Å². The maximum atomic E-state index is 13.4. The van der Waals surface area contributed by atoms with Gasteiger partial charge in [0.2, 0.25) is 5.91 Å². The van der Waals surface area contributed by atoms with Crippen molar-refractivity contribution in [1.29, 1.82) is 0 Å². The number of likely N-dealkylation sites (tertiary alicyclic amines) is 1. The molecule has 0 bridgehead atoms. The van der Waals surface area contributed by atoms with Gasteiger partial charge in [-0.2, -0.15) is 0 Å². The smallest absolute Gasteiger partial charge is 0.255 e. The van der Waals surface area contributed by atoms with Crippen LogP contribution in [0.2, 0.25) is 0 Å². The Morgan fingerprint density at radius 2 is 2.12 bits per heavy atom. The molecule has 2 amide bonds. The number of phenols is 1. The SMILES string of the molecule is O=C(N[C@@H]1CC(=O)N(C2CC2)[C@H]1c1cccnc1)c1cc(F)ccc1O. The van der Waals surface area contributed by atoms with Crippen LogP contribution in [0.4, 0.5) is 4.39 Å². The minimum Gasteiger partial charge on any atom is -0.507 e. The maximum absolute atomic E-state index is 13.4. The summed E-state index contributed by atoms with van der Waals surface area (Å²) >= 11 is 0. The zero-order valence-electron chi connectivity index (χ0n) is 13.9. The minimum atomic E-state index is -0.612. The largest absolute Gasteiger partial charge is 0.507 e. The standard InChI is InChI=1S/C19H18FN3O3/c20-12-3-6-16(24)14(8-12)19(26)22-15-9-17(25)23(13-4-5-13)18(15)11-2-1-7-21-10-11/h1-3,6-8,10,13,15,18,24H,4-5,9H2,(H,22,26)/t15-,18+/m1/s1. The number of benzene rings is 1. The molecule has 0 radical (unpaired) electrons. The number of carbonyl (C=O) groups excluding carboxylic acids is 2. The third-order valence-corrected chi connectivity index (χ3v) is 4.85. The molecule has 1 saturated heterocycles. The van der Waals surface area contributed by atoms with E-state index in [1.165, 1.54) is 0 Å². The van der Waals surface area contributed by atoms with Crippen molar-refractivity contribution >= 4 is 11.8 Å². The van der Waals surface area contributed by atoms with E-state index in [9.17, 15) is 19.1 Å². The average molecular weight is 355 g/mol. The fourth-order valence-electron chi connectivity index (χ4n) is 3.55. The Balaban J connectivity index is 1.63. The van der Waals surface area contributed by atoms with Crippen LogP contribution in [0.25, 0.3) is 0 Å². The van der Waals surface area contributed by atoms with Crippen LogP contribution in [0.1, 0.15) is 41.2 Å². The number of nitrogens with one attached hydrogen (secondary N) is 1. The lowest BCUT2D eigenvalue weighted by Gasteiger charge is -2.29. The van der Waals surface area contributed by atoms with Crippen molar-refractivity contribution in [1.82, 2.24) is 15.2 Å². The van der Waals surface area contributed by atoms with Gasteiger partial charge in [0.25, 0.3) is 5.91 Å². The third kappa shape index (κ3) is 3.00. The summed E-state index contributed by atoms with van der Waals surface area (Å²) in [5, 5.41) is 12.6. The summed E-state index contributed by atoms with van der Waals surface area (Å²) in [6.07, 6.45) is 5.41. The summed E-state index contributed by atoms with van der Waals surface area (Å²) < 4.78 is 13.4. The summed E-state index contributed by atoms with van der Waals surface area (Å²) in [6, 6.07) is 6.28. The molecular formula is C19H18FN3O3. The van der Waals surface area contributed by atoms with Crippen LogP contribution in [0, 0.1) is 5.82 Å². The third-order valence-electron chi connectivity index (χ3n) is 4.85. The molecule has 26 heavy (non-hydrogen) atoms. The molecule has 1 aliphatic heterocycles. The Kier molecular flexibility index (Phi) is 4.06. The van der Waals surface area contributed by atoms with Crippen LogP contribution in [0.5, 0.6) is 5.75 Å². The highest BCUT2D eigenvalue weighted by Crippen LogP contribution is 2.41. The molecule has 1 aromatic heterocycles. The number of hydrogen-bond acceptors (Lipinski definition) is 4. The number of amides is 2. The zero-order valence-corrected chi connectivity index (χ0v) is 13.9. The van der Waals surface area contributed by atoms with Gasteiger partial charge in [0.15, 0.2) is 0 Å². The summed E-state index contributed by atoms with van der Waals surface area (Å²) in [7, 11) is 0. The van der Waals surface area contributed by atoms with E-state index in [0.29, 0.717) is 0 Å². The quantitative estimate of drug-likeness (QED) is 0.880. The maximum Gasteiger partial charge on any atom is 0.255 e. The van der Waals surface area contributed by atoms with Crippen molar-refractivity contribution in [3.63, 3.8) is 0 Å². The number of phenolic OH excluding ortho intramolecular Hbond substituents is 1. The van der Waals surface area contributed by atoms with E-state index in [2.05, 4.69) is 10.3 Å². The summed E-state index contributed by atoms with van der Waals surface area (Å²) in [4.78, 5) is 31.1. The second kappa shape index (κ2) is 6.40. The molecule has 7 heteroatoms. The number of pyridine rings is 1. The van der Waals surface area contributed by atoms with E-state index in [0.717, 1.165) is 36.6 Å². The van der Waals surface area contributed by atoms with Gasteiger partial charge in [-0.3, -0.25) is 14.6 Å². The lowest BCUT2D eigenvalue weighted by Crippen LogP contribution is -2.40. The van der Waals surface area contributed by atoms with Crippen LogP contribution in [0.15, 0.2) is 42.7 Å². The lowest BCUT2D eigenvalue weighted by molar-refractivity contribution is -0.129. The molecule has 0 unspecified atom stereocenters. The van der Waals surface area contributed by atoms with Crippen LogP contribution in [-0.2, 0) is 4.79 Å². The molecule has 6 nitrogen and oxygen atoms in total. The van der Waals surface area contributed by atoms with Gasteiger partial charge in [-0.15, -0.1) is 0 Å². The number of aromatic nitrogens is 1. The predicted octanol–water partition coefficient (Wildman–Crippen LogP) is 2.16. The fraction of sp³-hybridized carbons (Fsp3) is 0.316. The highest BCUT2D eigenvalue weighted by atomic mass is 19.1. The summed E-state index contributed by atoms with van der Waals surface area (Å²) in [5.74, 6) is -1.54. The van der Waals surface area contributed by atoms with Crippen molar-refractivity contribution < 1.29 is 19.1 Å². The van der Waals surface area contributed by atoms with Gasteiger partial charge >= 0.3 is 0 Å². The first-order valence-electron chi connectivity index (χ1n) is 8.55. The first-order chi connectivity index (χ1) is 12.5. The second-order valence-corrected chi connectivity index (χ2v) is 6.71. The monoisotopic (exact) mass is 355 g/mol. The van der Waals surface area contributed by atoms with Gasteiger partial charge in [-0.25, -0.2) is 4.39 Å². The Labute approximate surface area is 149 Å². The lowest BCUT2D eigenvalue weighted by atomic mass is 10.0. The molecule has 0 spiro atoms. The van der Waals surface area contributed by atoms with Crippen LogP contribution in [0.3, 0.4) is 0 Å². The Morgan fingerprint density at radius 1 is 1.31 bits per heavy atom. The Hall–Kier alpha value is -2.96. The predicted molar refractivity (Wildman–Crippen MR) is 90.8 cm³/mol. The molecule has 1 aliphatic carbocycles. The molecule has 2 aliphatic rings. The van der Waals surface area contributed by atoms with E-state index < -0.39 is 17.8 Å². The van der Waals surface area contributed by atoms with Gasteiger partial charge in [0, 0.05) is 24.9 Å². The number of hydrogen-bond donors (Lipinski definition) is 2. The van der Waals surface area contributed by atoms with Gasteiger partial charge in [-0.1, -0.05) is 6.07 Å². The molecule has 1 aromatic carbocycles. The number of halogens is 1. The van der Waals surface area contributed by atoms with Crippen LogP contribution >= 0.6 is 0 Å². The van der Waals surface area contributed by atoms with Crippen molar-refractivity contribution in [3.8, 4) is 5.75 Å². The fourth-order valence-corrected chi connectivity index (χ4v) is 3.55. The molecule has 1 saturated carbocycles. The van der Waals surface area contributed by atoms with E-state index in [-0.39, 0.29) is 35.7 Å². The zero-order chi connectivity index (χ0) is 18.3. The van der Waals surface area contributed by atoms with Crippen molar-refractivity contribution in [2.45, 2.75) is 37.4 Å². The molecule has 2 N–H and O–H groups in total. The second-order valence-electron chi connectivity index (χ2n) is 6.71. The molecule has 4 rings (SSSR count). The van der Waals surface area contributed by atoms with E-state index in [4.69, 9.17) is 0 Å². The van der Waals surface area contributed by atoms with Gasteiger partial charge in [0.1, 0.15) is 11.6 Å². The van der Waals surface area contributed by atoms with Gasteiger partial charge in [0.05, 0.1) is 17.6 Å². The Morgan fingerprint density at radius 3 is 2.81 bits per heavy atom. The average Bonchev–Trinajstić information content (AvgIpc) is 3.41. The van der Waals surface area contributed by atoms with Crippen molar-refractivity contribution in [3.05, 3.63) is 59.7 Å². The molecule has 134 valence electrons. The first kappa shape index (κ1) is 16.5. The van der Waals surface area contributed by atoms with Crippen LogP contribution in [-0.4, -0.2) is 38.9 Å². The topological polar surface area (TPSA) is 82.5 Å². The normalized spacial score (nSPS) is 22.5. The summed E-state index contributed by atoms with van der Waals surface area (Å²) in [5.41, 5.74) is 0.700. The number of carbonyl (C=O) groups is 2. The highest BCUT2D eigenvalue weighted by Gasteiger charge is 2.47. The van der Waals surface area contributed by atoms with E-state index >= 15 is 0 Å². The summed E-state index contributed by atoms with van der Waals surface area (Å²) in [6.45, 7) is 0. The molecular weight excluding hydrogens is 337 g/mol. The van der Waals surface area contributed by atoms with E-state index in [1.54, 1.807) is 18.5 Å². The number of aromatic hydroxyl groups is 1. The van der Waals surface area contributed by atoms with E-state index in [1.807, 2.05) is 11.0 Å². The number of nitrogens with zero attached hydrogens (tertiary/aromatic N) is 2. The molecule has 2 aromatic rings. The molecule has 2 fully saturated rings. The number of rotatable bonds is 4. The highest BCUT2D eigenvalue weighted by molar-refractivity contribution is 5.97. The molecule has 2 atom stereocenters.